The number of thiazole rings is 1. The number of carbonyl (C=O) groups is 1. The molecule has 0 unspecified atom stereocenters. The second kappa shape index (κ2) is 5.75. The molecule has 1 amide bonds. The number of nitrogens with one attached hydrogen (secondary N) is 1. The van der Waals surface area contributed by atoms with Crippen molar-refractivity contribution in [2.75, 3.05) is 5.32 Å². The van der Waals surface area contributed by atoms with E-state index in [1.54, 1.807) is 6.07 Å². The number of halogens is 4. The van der Waals surface area contributed by atoms with E-state index >= 15 is 0 Å². The van der Waals surface area contributed by atoms with Crippen LogP contribution in [0.2, 0.25) is 5.02 Å². The molecule has 0 saturated heterocycles. The lowest BCUT2D eigenvalue weighted by Gasteiger charge is -2.03. The molecular weight excluding hydrogens is 365 g/mol. The maximum Gasteiger partial charge on any atom is 0.436 e. The highest BCUT2D eigenvalue weighted by molar-refractivity contribution is 7.22. The minimum atomic E-state index is -4.74. The van der Waals surface area contributed by atoms with E-state index in [4.69, 9.17) is 11.6 Å². The second-order valence-electron chi connectivity index (χ2n) is 5.08. The third kappa shape index (κ3) is 2.96. The Labute approximate surface area is 143 Å². The lowest BCUT2D eigenvalue weighted by Crippen LogP contribution is -2.16. The maximum atomic E-state index is 12.8. The van der Waals surface area contributed by atoms with E-state index in [2.05, 4.69) is 15.4 Å². The third-order valence-corrected chi connectivity index (χ3v) is 4.53. The van der Waals surface area contributed by atoms with Gasteiger partial charge in [0.25, 0.3) is 5.91 Å². The standard InChI is InChI=1S/C14H10ClF3N4OS/c1-6-3-4-7-8(5-6)24-13(19-7)20-12(23)10-9(15)11(14(16,17)18)21-22(10)2/h3-5H,1-2H3,(H,19,20,23). The number of aromatic nitrogens is 3. The van der Waals surface area contributed by atoms with Crippen molar-refractivity contribution in [1.82, 2.24) is 14.8 Å². The van der Waals surface area contributed by atoms with Crippen LogP contribution in [0.5, 0.6) is 0 Å². The summed E-state index contributed by atoms with van der Waals surface area (Å²) in [5, 5.41) is 5.28. The van der Waals surface area contributed by atoms with Crippen molar-refractivity contribution in [3.63, 3.8) is 0 Å². The lowest BCUT2D eigenvalue weighted by atomic mass is 10.2. The summed E-state index contributed by atoms with van der Waals surface area (Å²) >= 11 is 6.91. The molecule has 2 heterocycles. The number of hydrogen-bond donors (Lipinski definition) is 1. The van der Waals surface area contributed by atoms with Crippen LogP contribution in [0.25, 0.3) is 10.2 Å². The van der Waals surface area contributed by atoms with Crippen molar-refractivity contribution in [1.29, 1.82) is 0 Å². The molecule has 0 saturated carbocycles. The molecule has 0 aliphatic heterocycles. The molecule has 126 valence electrons. The highest BCUT2D eigenvalue weighted by atomic mass is 35.5. The lowest BCUT2D eigenvalue weighted by molar-refractivity contribution is -0.141. The van der Waals surface area contributed by atoms with E-state index in [9.17, 15) is 18.0 Å². The predicted octanol–water partition coefficient (Wildman–Crippen LogP) is 4.26. The van der Waals surface area contributed by atoms with Gasteiger partial charge in [-0.1, -0.05) is 29.0 Å². The highest BCUT2D eigenvalue weighted by Gasteiger charge is 2.39. The molecular formula is C14H10ClF3N4OS. The number of rotatable bonds is 2. The predicted molar refractivity (Wildman–Crippen MR) is 85.5 cm³/mol. The van der Waals surface area contributed by atoms with Crippen molar-refractivity contribution in [3.8, 4) is 0 Å². The summed E-state index contributed by atoms with van der Waals surface area (Å²) in [5.74, 6) is -0.804. The number of hydrogen-bond acceptors (Lipinski definition) is 4. The highest BCUT2D eigenvalue weighted by Crippen LogP contribution is 2.36. The van der Waals surface area contributed by atoms with Crippen LogP contribution in [0.4, 0.5) is 18.3 Å². The summed E-state index contributed by atoms with van der Waals surface area (Å²) in [6, 6.07) is 5.58. The summed E-state index contributed by atoms with van der Waals surface area (Å²) in [6.07, 6.45) is -4.74. The van der Waals surface area contributed by atoms with Crippen molar-refractivity contribution in [2.24, 2.45) is 7.05 Å². The Morgan fingerprint density at radius 3 is 2.71 bits per heavy atom. The third-order valence-electron chi connectivity index (χ3n) is 3.24. The first-order valence-corrected chi connectivity index (χ1v) is 7.84. The quantitative estimate of drug-likeness (QED) is 0.729. The van der Waals surface area contributed by atoms with Crippen LogP contribution in [0.1, 0.15) is 21.7 Å². The first-order chi connectivity index (χ1) is 11.2. The van der Waals surface area contributed by atoms with Crippen LogP contribution < -0.4 is 5.32 Å². The van der Waals surface area contributed by atoms with Crippen molar-refractivity contribution in [2.45, 2.75) is 13.1 Å². The van der Waals surface area contributed by atoms with Crippen LogP contribution >= 0.6 is 22.9 Å². The molecule has 10 heteroatoms. The SMILES string of the molecule is Cc1ccc2nc(NC(=O)c3c(Cl)c(C(F)(F)F)nn3C)sc2c1. The Morgan fingerprint density at radius 2 is 2.08 bits per heavy atom. The van der Waals surface area contributed by atoms with Gasteiger partial charge in [0.15, 0.2) is 10.8 Å². The van der Waals surface area contributed by atoms with E-state index in [0.29, 0.717) is 5.52 Å². The smallest absolute Gasteiger partial charge is 0.296 e. The normalized spacial score (nSPS) is 11.9. The maximum absolute atomic E-state index is 12.8. The minimum Gasteiger partial charge on any atom is -0.296 e. The fourth-order valence-electron chi connectivity index (χ4n) is 2.17. The first-order valence-electron chi connectivity index (χ1n) is 6.65. The summed E-state index contributed by atoms with van der Waals surface area (Å²) in [5.41, 5.74) is 0.0534. The van der Waals surface area contributed by atoms with Crippen LogP contribution in [-0.4, -0.2) is 20.7 Å². The molecule has 2 aromatic heterocycles. The Hall–Kier alpha value is -2.13. The number of aryl methyl sites for hydroxylation is 2. The molecule has 0 spiro atoms. The van der Waals surface area contributed by atoms with Crippen LogP contribution in [-0.2, 0) is 13.2 Å². The fraction of sp³-hybridized carbons (Fsp3) is 0.214. The zero-order valence-electron chi connectivity index (χ0n) is 12.4. The molecule has 24 heavy (non-hydrogen) atoms. The topological polar surface area (TPSA) is 59.8 Å². The molecule has 3 aromatic rings. The average Bonchev–Trinajstić information content (AvgIpc) is 2.97. The molecule has 1 aromatic carbocycles. The minimum absolute atomic E-state index is 0.270. The number of benzene rings is 1. The molecule has 1 N–H and O–H groups in total. The van der Waals surface area contributed by atoms with E-state index in [1.807, 2.05) is 19.1 Å². The zero-order valence-corrected chi connectivity index (χ0v) is 14.0. The molecule has 0 fully saturated rings. The van der Waals surface area contributed by atoms with E-state index in [-0.39, 0.29) is 10.8 Å². The van der Waals surface area contributed by atoms with Crippen molar-refractivity contribution in [3.05, 3.63) is 40.2 Å². The van der Waals surface area contributed by atoms with Gasteiger partial charge in [-0.05, 0) is 24.6 Å². The van der Waals surface area contributed by atoms with Gasteiger partial charge < -0.3 is 0 Å². The van der Waals surface area contributed by atoms with Crippen LogP contribution in [0.3, 0.4) is 0 Å². The fourth-order valence-corrected chi connectivity index (χ4v) is 3.48. The summed E-state index contributed by atoms with van der Waals surface area (Å²) < 4.78 is 40.1. The number of anilines is 1. The largest absolute Gasteiger partial charge is 0.436 e. The summed E-state index contributed by atoms with van der Waals surface area (Å²) in [7, 11) is 1.22. The molecule has 5 nitrogen and oxygen atoms in total. The van der Waals surface area contributed by atoms with Crippen molar-refractivity contribution >= 4 is 44.2 Å². The summed E-state index contributed by atoms with van der Waals surface area (Å²) in [4.78, 5) is 16.5. The Bertz CT molecular complexity index is 948. The van der Waals surface area contributed by atoms with Gasteiger partial charge in [-0.15, -0.1) is 0 Å². The molecule has 0 radical (unpaired) electrons. The van der Waals surface area contributed by atoms with Gasteiger partial charge in [0, 0.05) is 7.05 Å². The number of amides is 1. The van der Waals surface area contributed by atoms with Gasteiger partial charge in [-0.25, -0.2) is 4.98 Å². The number of fused-ring (bicyclic) bond motifs is 1. The Balaban J connectivity index is 1.93. The first kappa shape index (κ1) is 16.7. The van der Waals surface area contributed by atoms with Gasteiger partial charge in [0.1, 0.15) is 10.7 Å². The van der Waals surface area contributed by atoms with E-state index in [0.717, 1.165) is 14.9 Å². The monoisotopic (exact) mass is 374 g/mol. The Kier molecular flexibility index (Phi) is 4.00. The number of carbonyl (C=O) groups excluding carboxylic acids is 1. The van der Waals surface area contributed by atoms with Gasteiger partial charge >= 0.3 is 6.18 Å². The number of alkyl halides is 3. The molecule has 0 aliphatic rings. The van der Waals surface area contributed by atoms with E-state index in [1.165, 1.54) is 18.4 Å². The van der Waals surface area contributed by atoms with Gasteiger partial charge in [0.2, 0.25) is 0 Å². The zero-order chi connectivity index (χ0) is 17.6. The van der Waals surface area contributed by atoms with Crippen molar-refractivity contribution < 1.29 is 18.0 Å². The number of nitrogens with zero attached hydrogens (tertiary/aromatic N) is 3. The molecule has 0 aliphatic carbocycles. The Morgan fingerprint density at radius 1 is 1.38 bits per heavy atom. The molecule has 0 bridgehead atoms. The van der Waals surface area contributed by atoms with Crippen LogP contribution in [0, 0.1) is 6.92 Å². The van der Waals surface area contributed by atoms with Gasteiger partial charge in [0.05, 0.1) is 10.2 Å². The van der Waals surface area contributed by atoms with Crippen LogP contribution in [0.15, 0.2) is 18.2 Å². The average molecular weight is 375 g/mol. The van der Waals surface area contributed by atoms with E-state index < -0.39 is 22.8 Å². The van der Waals surface area contributed by atoms with Gasteiger partial charge in [-0.2, -0.15) is 18.3 Å². The second-order valence-corrected chi connectivity index (χ2v) is 6.49. The van der Waals surface area contributed by atoms with Gasteiger partial charge in [-0.3, -0.25) is 14.8 Å². The molecule has 0 atom stereocenters. The summed E-state index contributed by atoms with van der Waals surface area (Å²) in [6.45, 7) is 1.92. The molecule has 3 rings (SSSR count).